The number of urea groups is 1. The van der Waals surface area contributed by atoms with Gasteiger partial charge in [-0.1, -0.05) is 65.3 Å². The molecule has 0 saturated carbocycles. The molecule has 1 aliphatic heterocycles. The summed E-state index contributed by atoms with van der Waals surface area (Å²) < 4.78 is 10.8. The molecule has 0 fully saturated rings. The van der Waals surface area contributed by atoms with Crippen molar-refractivity contribution in [1.29, 1.82) is 0 Å². The molecule has 7 nitrogen and oxygen atoms in total. The summed E-state index contributed by atoms with van der Waals surface area (Å²) in [5, 5.41) is 7.30. The minimum absolute atomic E-state index is 0.147. The molecule has 1 unspecified atom stereocenters. The lowest BCUT2D eigenvalue weighted by Gasteiger charge is -2.35. The van der Waals surface area contributed by atoms with Crippen LogP contribution in [-0.2, 0) is 4.74 Å². The van der Waals surface area contributed by atoms with E-state index < -0.39 is 0 Å². The highest BCUT2D eigenvalue weighted by Gasteiger charge is 2.35. The number of rotatable bonds is 7. The Balaban J connectivity index is 1.76. The van der Waals surface area contributed by atoms with Crippen LogP contribution in [0, 0.1) is 6.92 Å². The lowest BCUT2D eigenvalue weighted by atomic mass is 9.94. The molecule has 2 heterocycles. The Hall–Kier alpha value is -3.45. The van der Waals surface area contributed by atoms with E-state index in [0.29, 0.717) is 24.9 Å². The number of hydrogen-bond acceptors (Lipinski definition) is 5. The van der Waals surface area contributed by atoms with Gasteiger partial charge in [0, 0.05) is 31.5 Å². The van der Waals surface area contributed by atoms with Crippen molar-refractivity contribution in [3.8, 4) is 11.4 Å². The van der Waals surface area contributed by atoms with E-state index >= 15 is 0 Å². The quantitative estimate of drug-likeness (QED) is 0.568. The van der Waals surface area contributed by atoms with Crippen molar-refractivity contribution in [2.24, 2.45) is 0 Å². The van der Waals surface area contributed by atoms with E-state index in [1.807, 2.05) is 68.4 Å². The SMILES string of the molecule is COCCCN1C(=O)NC(c2ccc(C)cc2)C(c2nc(-c3ccccc3)no2)=C1C. The molecule has 1 atom stereocenters. The molecule has 2 amide bonds. The molecule has 1 aliphatic rings. The van der Waals surface area contributed by atoms with Crippen molar-refractivity contribution in [2.75, 3.05) is 20.3 Å². The summed E-state index contributed by atoms with van der Waals surface area (Å²) in [5.41, 5.74) is 4.59. The molecule has 3 aromatic rings. The van der Waals surface area contributed by atoms with E-state index in [2.05, 4.69) is 15.5 Å². The molecule has 1 N–H and O–H groups in total. The van der Waals surface area contributed by atoms with Gasteiger partial charge >= 0.3 is 6.03 Å². The molecule has 0 saturated heterocycles. The molecular formula is C24H26N4O3. The van der Waals surface area contributed by atoms with Crippen molar-refractivity contribution >= 4 is 11.6 Å². The van der Waals surface area contributed by atoms with Gasteiger partial charge < -0.3 is 14.6 Å². The second-order valence-corrected chi connectivity index (χ2v) is 7.58. The molecule has 0 aliphatic carbocycles. The summed E-state index contributed by atoms with van der Waals surface area (Å²) in [5.74, 6) is 0.917. The van der Waals surface area contributed by atoms with E-state index in [0.717, 1.165) is 34.4 Å². The minimum atomic E-state index is -0.379. The van der Waals surface area contributed by atoms with Gasteiger partial charge in [-0.3, -0.25) is 4.90 Å². The topological polar surface area (TPSA) is 80.5 Å². The Kier molecular flexibility index (Phi) is 6.13. The normalized spacial score (nSPS) is 16.5. The van der Waals surface area contributed by atoms with Gasteiger partial charge in [-0.2, -0.15) is 4.98 Å². The number of amides is 2. The molecule has 31 heavy (non-hydrogen) atoms. The highest BCUT2D eigenvalue weighted by Crippen LogP contribution is 2.37. The molecule has 160 valence electrons. The van der Waals surface area contributed by atoms with Crippen LogP contribution in [-0.4, -0.2) is 41.3 Å². The maximum atomic E-state index is 12.9. The van der Waals surface area contributed by atoms with Crippen LogP contribution in [0.25, 0.3) is 17.0 Å². The van der Waals surface area contributed by atoms with E-state index in [1.54, 1.807) is 12.0 Å². The highest BCUT2D eigenvalue weighted by molar-refractivity contribution is 5.86. The Labute approximate surface area is 181 Å². The third kappa shape index (κ3) is 4.36. The van der Waals surface area contributed by atoms with Crippen molar-refractivity contribution < 1.29 is 14.1 Å². The number of carbonyl (C=O) groups is 1. The highest BCUT2D eigenvalue weighted by atomic mass is 16.5. The Bertz CT molecular complexity index is 1070. The van der Waals surface area contributed by atoms with Gasteiger partial charge in [0.1, 0.15) is 0 Å². The number of hydrogen-bond donors (Lipinski definition) is 1. The van der Waals surface area contributed by atoms with Gasteiger partial charge in [0.25, 0.3) is 5.89 Å². The first-order chi connectivity index (χ1) is 15.1. The first-order valence-electron chi connectivity index (χ1n) is 10.3. The fraction of sp³-hybridized carbons (Fsp3) is 0.292. The van der Waals surface area contributed by atoms with Crippen LogP contribution in [0.4, 0.5) is 4.79 Å². The third-order valence-corrected chi connectivity index (χ3v) is 5.43. The van der Waals surface area contributed by atoms with E-state index in [1.165, 1.54) is 0 Å². The van der Waals surface area contributed by atoms with Crippen LogP contribution in [0.15, 0.2) is 64.8 Å². The van der Waals surface area contributed by atoms with Crippen LogP contribution in [0.3, 0.4) is 0 Å². The van der Waals surface area contributed by atoms with Crippen LogP contribution in [0.1, 0.15) is 36.4 Å². The van der Waals surface area contributed by atoms with Crippen molar-refractivity contribution in [2.45, 2.75) is 26.3 Å². The fourth-order valence-electron chi connectivity index (χ4n) is 3.74. The molecule has 0 bridgehead atoms. The zero-order valence-electron chi connectivity index (χ0n) is 18.0. The van der Waals surface area contributed by atoms with Gasteiger partial charge in [0.2, 0.25) is 5.82 Å². The molecule has 7 heteroatoms. The summed E-state index contributed by atoms with van der Waals surface area (Å²) in [4.78, 5) is 19.3. The number of aromatic nitrogens is 2. The summed E-state index contributed by atoms with van der Waals surface area (Å²) >= 11 is 0. The Morgan fingerprint density at radius 3 is 2.55 bits per heavy atom. The summed E-state index contributed by atoms with van der Waals surface area (Å²) in [6.07, 6.45) is 0.725. The predicted octanol–water partition coefficient (Wildman–Crippen LogP) is 4.58. The average molecular weight is 418 g/mol. The fourth-order valence-corrected chi connectivity index (χ4v) is 3.74. The van der Waals surface area contributed by atoms with Gasteiger partial charge in [0.15, 0.2) is 0 Å². The Morgan fingerprint density at radius 1 is 1.10 bits per heavy atom. The molecule has 1 aromatic heterocycles. The summed E-state index contributed by atoms with van der Waals surface area (Å²) in [6, 6.07) is 17.3. The van der Waals surface area contributed by atoms with Gasteiger partial charge in [-0.15, -0.1) is 0 Å². The lowest BCUT2D eigenvalue weighted by Crippen LogP contribution is -2.46. The molecule has 2 aromatic carbocycles. The number of nitrogens with zero attached hydrogens (tertiary/aromatic N) is 3. The van der Waals surface area contributed by atoms with Crippen LogP contribution in [0.2, 0.25) is 0 Å². The first-order valence-corrected chi connectivity index (χ1v) is 10.3. The number of allylic oxidation sites excluding steroid dienone is 1. The zero-order chi connectivity index (χ0) is 21.8. The maximum absolute atomic E-state index is 12.9. The van der Waals surface area contributed by atoms with Crippen LogP contribution in [0.5, 0.6) is 0 Å². The van der Waals surface area contributed by atoms with Gasteiger partial charge in [-0.25, -0.2) is 4.79 Å². The summed E-state index contributed by atoms with van der Waals surface area (Å²) in [7, 11) is 1.65. The van der Waals surface area contributed by atoms with Crippen molar-refractivity contribution in [1.82, 2.24) is 20.4 Å². The number of aryl methyl sites for hydroxylation is 1. The number of nitrogens with one attached hydrogen (secondary N) is 1. The van der Waals surface area contributed by atoms with E-state index in [4.69, 9.17) is 9.26 Å². The maximum Gasteiger partial charge on any atom is 0.322 e. The third-order valence-electron chi connectivity index (χ3n) is 5.43. The molecule has 0 radical (unpaired) electrons. The molecular weight excluding hydrogens is 392 g/mol. The largest absolute Gasteiger partial charge is 0.385 e. The second-order valence-electron chi connectivity index (χ2n) is 7.58. The molecule has 0 spiro atoms. The second kappa shape index (κ2) is 9.14. The monoisotopic (exact) mass is 418 g/mol. The van der Waals surface area contributed by atoms with Gasteiger partial charge in [-0.05, 0) is 25.8 Å². The van der Waals surface area contributed by atoms with Crippen molar-refractivity contribution in [3.63, 3.8) is 0 Å². The van der Waals surface area contributed by atoms with Crippen LogP contribution >= 0.6 is 0 Å². The Morgan fingerprint density at radius 2 is 1.84 bits per heavy atom. The zero-order valence-corrected chi connectivity index (χ0v) is 18.0. The molecule has 4 rings (SSSR count). The number of ether oxygens (including phenoxy) is 1. The van der Waals surface area contributed by atoms with Crippen LogP contribution < -0.4 is 5.32 Å². The van der Waals surface area contributed by atoms with E-state index in [9.17, 15) is 4.79 Å². The van der Waals surface area contributed by atoms with Crippen molar-refractivity contribution in [3.05, 3.63) is 77.3 Å². The number of benzene rings is 2. The standard InChI is InChI=1S/C24H26N4O3/c1-16-10-12-18(13-11-16)21-20(17(2)28(24(29)25-21)14-7-15-30-3)23-26-22(27-31-23)19-8-5-4-6-9-19/h4-6,8-13,21H,7,14-15H2,1-3H3,(H,25,29). The minimum Gasteiger partial charge on any atom is -0.385 e. The first kappa shape index (κ1) is 20.8. The summed E-state index contributed by atoms with van der Waals surface area (Å²) in [6.45, 7) is 5.07. The lowest BCUT2D eigenvalue weighted by molar-refractivity contribution is 0.174. The average Bonchev–Trinajstić information content (AvgIpc) is 3.26. The predicted molar refractivity (Wildman–Crippen MR) is 118 cm³/mol. The number of methoxy groups -OCH3 is 1. The number of carbonyl (C=O) groups excluding carboxylic acids is 1. The van der Waals surface area contributed by atoms with Gasteiger partial charge in [0.05, 0.1) is 11.6 Å². The smallest absolute Gasteiger partial charge is 0.322 e. The van der Waals surface area contributed by atoms with E-state index in [-0.39, 0.29) is 12.1 Å².